The number of guanidine groups is 1. The second-order valence-corrected chi connectivity index (χ2v) is 2.90. The standard InChI is InChI=1S/C7H14N4/c1-2-6-11(10-3-1)7-8-4-5-9-7/h10H,1-6H2,(H,8,9). The molecule has 2 rings (SSSR count). The maximum absolute atomic E-state index is 4.33. The fraction of sp³-hybridized carbons (Fsp3) is 0.857. The highest BCUT2D eigenvalue weighted by atomic mass is 15.6. The first kappa shape index (κ1) is 6.91. The van der Waals surface area contributed by atoms with Gasteiger partial charge in [-0.2, -0.15) is 0 Å². The molecule has 0 unspecified atom stereocenters. The van der Waals surface area contributed by atoms with E-state index in [0.29, 0.717) is 0 Å². The minimum absolute atomic E-state index is 0.924. The summed E-state index contributed by atoms with van der Waals surface area (Å²) in [7, 11) is 0. The molecule has 0 aromatic carbocycles. The molecule has 2 aliphatic heterocycles. The molecule has 0 spiro atoms. The number of hydrogen-bond acceptors (Lipinski definition) is 4. The van der Waals surface area contributed by atoms with Crippen molar-refractivity contribution in [3.05, 3.63) is 0 Å². The van der Waals surface area contributed by atoms with Crippen molar-refractivity contribution in [2.75, 3.05) is 26.2 Å². The molecule has 4 heteroatoms. The smallest absolute Gasteiger partial charge is 0.208 e. The lowest BCUT2D eigenvalue weighted by Gasteiger charge is -2.28. The molecule has 2 N–H and O–H groups in total. The molecule has 0 bridgehead atoms. The lowest BCUT2D eigenvalue weighted by Crippen LogP contribution is -2.50. The van der Waals surface area contributed by atoms with Crippen molar-refractivity contribution in [1.82, 2.24) is 15.8 Å². The average molecular weight is 154 g/mol. The summed E-state index contributed by atoms with van der Waals surface area (Å²) in [6.45, 7) is 4.09. The molecule has 62 valence electrons. The summed E-state index contributed by atoms with van der Waals surface area (Å²) in [5, 5.41) is 5.36. The molecule has 0 aromatic heterocycles. The fourth-order valence-electron chi connectivity index (χ4n) is 1.43. The van der Waals surface area contributed by atoms with E-state index in [9.17, 15) is 0 Å². The summed E-state index contributed by atoms with van der Waals surface area (Å²) in [5.41, 5.74) is 3.30. The van der Waals surface area contributed by atoms with Crippen LogP contribution in [0.3, 0.4) is 0 Å². The molecule has 0 saturated carbocycles. The number of aliphatic imine (C=N–C) groups is 1. The van der Waals surface area contributed by atoms with Crippen molar-refractivity contribution in [2.45, 2.75) is 12.8 Å². The van der Waals surface area contributed by atoms with Gasteiger partial charge in [-0.3, -0.25) is 10.0 Å². The number of rotatable bonds is 0. The van der Waals surface area contributed by atoms with Gasteiger partial charge in [0.05, 0.1) is 6.54 Å². The number of nitrogens with zero attached hydrogens (tertiary/aromatic N) is 2. The molecule has 2 heterocycles. The van der Waals surface area contributed by atoms with E-state index in [2.05, 4.69) is 20.7 Å². The second kappa shape index (κ2) is 3.09. The Hall–Kier alpha value is -0.770. The Kier molecular flexibility index (Phi) is 1.94. The Morgan fingerprint density at radius 2 is 2.27 bits per heavy atom. The van der Waals surface area contributed by atoms with Crippen molar-refractivity contribution in [3.63, 3.8) is 0 Å². The molecule has 2 aliphatic rings. The molecule has 1 saturated heterocycles. The van der Waals surface area contributed by atoms with E-state index in [1.165, 1.54) is 12.8 Å². The summed E-state index contributed by atoms with van der Waals surface area (Å²) in [5.74, 6) is 1.03. The van der Waals surface area contributed by atoms with Crippen LogP contribution in [0.1, 0.15) is 12.8 Å². The van der Waals surface area contributed by atoms with E-state index in [-0.39, 0.29) is 0 Å². The Morgan fingerprint density at radius 1 is 1.27 bits per heavy atom. The zero-order valence-electron chi connectivity index (χ0n) is 6.64. The third-order valence-electron chi connectivity index (χ3n) is 2.02. The van der Waals surface area contributed by atoms with Gasteiger partial charge in [0, 0.05) is 19.6 Å². The Bertz CT molecular complexity index is 160. The van der Waals surface area contributed by atoms with Crippen LogP contribution in [0.15, 0.2) is 4.99 Å². The summed E-state index contributed by atoms with van der Waals surface area (Å²) in [6.07, 6.45) is 2.55. The van der Waals surface area contributed by atoms with Gasteiger partial charge in [0.2, 0.25) is 5.96 Å². The van der Waals surface area contributed by atoms with Crippen LogP contribution in [-0.4, -0.2) is 37.1 Å². The first-order chi connectivity index (χ1) is 5.47. The maximum atomic E-state index is 4.33. The molecule has 0 aliphatic carbocycles. The van der Waals surface area contributed by atoms with Crippen LogP contribution in [0.5, 0.6) is 0 Å². The van der Waals surface area contributed by atoms with E-state index in [0.717, 1.165) is 32.1 Å². The van der Waals surface area contributed by atoms with Crippen molar-refractivity contribution < 1.29 is 0 Å². The Balaban J connectivity index is 1.92. The van der Waals surface area contributed by atoms with Crippen molar-refractivity contribution >= 4 is 5.96 Å². The maximum Gasteiger partial charge on any atom is 0.208 e. The van der Waals surface area contributed by atoms with Crippen LogP contribution < -0.4 is 10.7 Å². The molecule has 11 heavy (non-hydrogen) atoms. The van der Waals surface area contributed by atoms with Crippen LogP contribution >= 0.6 is 0 Å². The predicted octanol–water partition coefficient (Wildman–Crippen LogP) is -0.454. The molecular weight excluding hydrogens is 140 g/mol. The first-order valence-electron chi connectivity index (χ1n) is 4.26. The van der Waals surface area contributed by atoms with Crippen LogP contribution in [0.2, 0.25) is 0 Å². The fourth-order valence-corrected chi connectivity index (χ4v) is 1.43. The highest BCUT2D eigenvalue weighted by Gasteiger charge is 2.15. The lowest BCUT2D eigenvalue weighted by molar-refractivity contribution is 0.251. The zero-order chi connectivity index (χ0) is 7.52. The van der Waals surface area contributed by atoms with Crippen LogP contribution in [0, 0.1) is 0 Å². The summed E-state index contributed by atoms with van der Waals surface area (Å²) < 4.78 is 0. The van der Waals surface area contributed by atoms with Gasteiger partial charge in [-0.25, -0.2) is 5.43 Å². The minimum Gasteiger partial charge on any atom is -0.353 e. The largest absolute Gasteiger partial charge is 0.353 e. The molecule has 4 nitrogen and oxygen atoms in total. The van der Waals surface area contributed by atoms with Gasteiger partial charge in [0.1, 0.15) is 0 Å². The van der Waals surface area contributed by atoms with Gasteiger partial charge in [0.25, 0.3) is 0 Å². The first-order valence-corrected chi connectivity index (χ1v) is 4.26. The van der Waals surface area contributed by atoms with Crippen molar-refractivity contribution in [2.24, 2.45) is 4.99 Å². The quantitative estimate of drug-likeness (QED) is 0.496. The zero-order valence-corrected chi connectivity index (χ0v) is 6.64. The van der Waals surface area contributed by atoms with E-state index >= 15 is 0 Å². The molecule has 1 fully saturated rings. The van der Waals surface area contributed by atoms with E-state index in [4.69, 9.17) is 0 Å². The normalized spacial score (nSPS) is 24.7. The van der Waals surface area contributed by atoms with Gasteiger partial charge >= 0.3 is 0 Å². The monoisotopic (exact) mass is 154 g/mol. The highest BCUT2D eigenvalue weighted by molar-refractivity contribution is 5.80. The minimum atomic E-state index is 0.924. The summed E-state index contributed by atoms with van der Waals surface area (Å²) in [6, 6.07) is 0. The molecule has 0 atom stereocenters. The van der Waals surface area contributed by atoms with Crippen molar-refractivity contribution in [1.29, 1.82) is 0 Å². The highest BCUT2D eigenvalue weighted by Crippen LogP contribution is 2.01. The SMILES string of the molecule is C1CCN(C2=NCCN2)NC1. The van der Waals surface area contributed by atoms with Gasteiger partial charge in [-0.15, -0.1) is 0 Å². The number of hydrogen-bond donors (Lipinski definition) is 2. The van der Waals surface area contributed by atoms with E-state index in [1.807, 2.05) is 0 Å². The molecule has 0 aromatic rings. The lowest BCUT2D eigenvalue weighted by atomic mass is 10.3. The van der Waals surface area contributed by atoms with Crippen LogP contribution in [0.4, 0.5) is 0 Å². The van der Waals surface area contributed by atoms with Gasteiger partial charge in [0.15, 0.2) is 0 Å². The summed E-state index contributed by atoms with van der Waals surface area (Å²) in [4.78, 5) is 4.33. The van der Waals surface area contributed by atoms with Gasteiger partial charge < -0.3 is 5.32 Å². The van der Waals surface area contributed by atoms with Crippen LogP contribution in [0.25, 0.3) is 0 Å². The topological polar surface area (TPSA) is 39.7 Å². The number of hydrazine groups is 1. The Morgan fingerprint density at radius 3 is 2.91 bits per heavy atom. The summed E-state index contributed by atoms with van der Waals surface area (Å²) >= 11 is 0. The second-order valence-electron chi connectivity index (χ2n) is 2.90. The van der Waals surface area contributed by atoms with E-state index < -0.39 is 0 Å². The third kappa shape index (κ3) is 1.45. The molecule has 0 amide bonds. The predicted molar refractivity (Wildman–Crippen MR) is 44.2 cm³/mol. The Labute approximate surface area is 66.6 Å². The number of nitrogens with one attached hydrogen (secondary N) is 2. The van der Waals surface area contributed by atoms with Gasteiger partial charge in [-0.05, 0) is 12.8 Å². The average Bonchev–Trinajstić information content (AvgIpc) is 2.58. The van der Waals surface area contributed by atoms with E-state index in [1.54, 1.807) is 0 Å². The van der Waals surface area contributed by atoms with Crippen LogP contribution in [-0.2, 0) is 0 Å². The third-order valence-corrected chi connectivity index (χ3v) is 2.02. The molecular formula is C7H14N4. The van der Waals surface area contributed by atoms with Gasteiger partial charge in [-0.1, -0.05) is 0 Å². The van der Waals surface area contributed by atoms with Crippen molar-refractivity contribution in [3.8, 4) is 0 Å². The molecule has 0 radical (unpaired) electrons.